The smallest absolute Gasteiger partial charge is 0.223 e. The van der Waals surface area contributed by atoms with Crippen LogP contribution in [0.25, 0.3) is 11.3 Å². The van der Waals surface area contributed by atoms with Crippen LogP contribution in [0.15, 0.2) is 49.1 Å². The molecule has 0 radical (unpaired) electrons. The van der Waals surface area contributed by atoms with Gasteiger partial charge in [-0.25, -0.2) is 15.0 Å². The first-order chi connectivity index (χ1) is 15.1. The minimum Gasteiger partial charge on any atom is -0.497 e. The monoisotopic (exact) mass is 420 g/mol. The molecule has 1 aliphatic heterocycles. The largest absolute Gasteiger partial charge is 0.497 e. The Morgan fingerprint density at radius 2 is 1.94 bits per heavy atom. The van der Waals surface area contributed by atoms with E-state index >= 15 is 0 Å². The number of hydrogen-bond acceptors (Lipinski definition) is 6. The number of nitrogens with one attached hydrogen (secondary N) is 1. The lowest BCUT2D eigenvalue weighted by molar-refractivity contribution is -0.125. The van der Waals surface area contributed by atoms with E-state index in [-0.39, 0.29) is 11.8 Å². The van der Waals surface area contributed by atoms with Crippen molar-refractivity contribution in [2.45, 2.75) is 26.3 Å². The minimum atomic E-state index is 0.0445. The summed E-state index contributed by atoms with van der Waals surface area (Å²) in [5, 5.41) is 3.07. The van der Waals surface area contributed by atoms with Gasteiger partial charge in [0.1, 0.15) is 23.7 Å². The van der Waals surface area contributed by atoms with Crippen molar-refractivity contribution in [3.63, 3.8) is 0 Å². The first-order valence-electron chi connectivity index (χ1n) is 10.6. The number of imidazole rings is 1. The summed E-state index contributed by atoms with van der Waals surface area (Å²) in [5.41, 5.74) is 1.90. The van der Waals surface area contributed by atoms with Gasteiger partial charge in [-0.15, -0.1) is 0 Å². The standard InChI is InChI=1S/C23H28N6O2/c1-17-24-9-13-28(17)14-10-25-23(30)19-7-11-29(12-8-19)22-15-21(26-16-27-22)18-3-5-20(31-2)6-4-18/h3-6,9,13,15-16,19H,7-8,10-12,14H2,1-2H3,(H,25,30). The van der Waals surface area contributed by atoms with Crippen LogP contribution >= 0.6 is 0 Å². The molecule has 1 saturated heterocycles. The van der Waals surface area contributed by atoms with Crippen LogP contribution in [0.5, 0.6) is 5.75 Å². The Morgan fingerprint density at radius 1 is 1.16 bits per heavy atom. The van der Waals surface area contributed by atoms with Crippen LogP contribution in [0.4, 0.5) is 5.82 Å². The van der Waals surface area contributed by atoms with Crippen molar-refractivity contribution in [1.82, 2.24) is 24.8 Å². The number of benzene rings is 1. The summed E-state index contributed by atoms with van der Waals surface area (Å²) in [4.78, 5) is 27.9. The summed E-state index contributed by atoms with van der Waals surface area (Å²) in [6.45, 7) is 4.93. The minimum absolute atomic E-state index is 0.0445. The first-order valence-corrected chi connectivity index (χ1v) is 10.6. The lowest BCUT2D eigenvalue weighted by Gasteiger charge is -2.32. The third-order valence-corrected chi connectivity index (χ3v) is 5.80. The second-order valence-electron chi connectivity index (χ2n) is 7.71. The Kier molecular flexibility index (Phi) is 6.45. The summed E-state index contributed by atoms with van der Waals surface area (Å²) >= 11 is 0. The zero-order chi connectivity index (χ0) is 21.6. The summed E-state index contributed by atoms with van der Waals surface area (Å²) in [5.74, 6) is 2.86. The molecule has 8 nitrogen and oxygen atoms in total. The maximum Gasteiger partial charge on any atom is 0.223 e. The molecule has 0 aliphatic carbocycles. The normalized spacial score (nSPS) is 14.5. The number of anilines is 1. The number of piperidine rings is 1. The van der Waals surface area contributed by atoms with E-state index in [2.05, 4.69) is 25.2 Å². The number of nitrogens with zero attached hydrogens (tertiary/aromatic N) is 5. The van der Waals surface area contributed by atoms with Gasteiger partial charge in [-0.3, -0.25) is 4.79 Å². The van der Waals surface area contributed by atoms with Crippen molar-refractivity contribution >= 4 is 11.7 Å². The number of carbonyl (C=O) groups is 1. The molecule has 1 amide bonds. The molecule has 0 saturated carbocycles. The quantitative estimate of drug-likeness (QED) is 0.633. The van der Waals surface area contributed by atoms with E-state index in [1.54, 1.807) is 19.6 Å². The van der Waals surface area contributed by atoms with Crippen LogP contribution in [0.1, 0.15) is 18.7 Å². The molecule has 8 heteroatoms. The molecule has 0 spiro atoms. The van der Waals surface area contributed by atoms with Crippen molar-refractivity contribution in [2.75, 3.05) is 31.6 Å². The number of carbonyl (C=O) groups excluding carboxylic acids is 1. The van der Waals surface area contributed by atoms with E-state index < -0.39 is 0 Å². The van der Waals surface area contributed by atoms with Crippen LogP contribution in [0.3, 0.4) is 0 Å². The molecule has 1 N–H and O–H groups in total. The molecule has 31 heavy (non-hydrogen) atoms. The first kappa shape index (κ1) is 20.8. The topological polar surface area (TPSA) is 85.2 Å². The molecule has 1 aliphatic rings. The van der Waals surface area contributed by atoms with E-state index in [9.17, 15) is 4.79 Å². The fourth-order valence-corrected chi connectivity index (χ4v) is 3.89. The van der Waals surface area contributed by atoms with Crippen molar-refractivity contribution in [3.8, 4) is 17.0 Å². The zero-order valence-electron chi connectivity index (χ0n) is 18.0. The number of methoxy groups -OCH3 is 1. The Labute approximate surface area is 182 Å². The highest BCUT2D eigenvalue weighted by Crippen LogP contribution is 2.26. The lowest BCUT2D eigenvalue weighted by atomic mass is 9.96. The molecule has 3 aromatic rings. The van der Waals surface area contributed by atoms with E-state index in [1.165, 1.54) is 0 Å². The third-order valence-electron chi connectivity index (χ3n) is 5.80. The van der Waals surface area contributed by atoms with Gasteiger partial charge in [0.2, 0.25) is 5.91 Å². The third kappa shape index (κ3) is 5.02. The number of amides is 1. The van der Waals surface area contributed by atoms with E-state index in [0.717, 1.165) is 61.1 Å². The number of aryl methyl sites for hydroxylation is 1. The van der Waals surface area contributed by atoms with Gasteiger partial charge in [-0.2, -0.15) is 0 Å². The number of rotatable bonds is 7. The SMILES string of the molecule is COc1ccc(-c2cc(N3CCC(C(=O)NCCn4ccnc4C)CC3)ncn2)cc1. The summed E-state index contributed by atoms with van der Waals surface area (Å²) in [6.07, 6.45) is 6.95. The van der Waals surface area contributed by atoms with Crippen molar-refractivity contribution in [1.29, 1.82) is 0 Å². The van der Waals surface area contributed by atoms with Gasteiger partial charge in [0, 0.05) is 56.1 Å². The Morgan fingerprint density at radius 3 is 2.61 bits per heavy atom. The van der Waals surface area contributed by atoms with Gasteiger partial charge < -0.3 is 19.5 Å². The Hall–Kier alpha value is -3.42. The molecule has 4 rings (SSSR count). The van der Waals surface area contributed by atoms with Gasteiger partial charge in [0.05, 0.1) is 12.8 Å². The molecule has 1 fully saturated rings. The number of aromatic nitrogens is 4. The van der Waals surface area contributed by atoms with Crippen molar-refractivity contribution < 1.29 is 9.53 Å². The van der Waals surface area contributed by atoms with Crippen LogP contribution < -0.4 is 15.0 Å². The van der Waals surface area contributed by atoms with E-state index in [1.807, 2.05) is 48.0 Å². The fraction of sp³-hybridized carbons (Fsp3) is 0.391. The predicted molar refractivity (Wildman–Crippen MR) is 119 cm³/mol. The highest BCUT2D eigenvalue weighted by molar-refractivity contribution is 5.79. The van der Waals surface area contributed by atoms with Crippen molar-refractivity contribution in [2.24, 2.45) is 5.92 Å². The second kappa shape index (κ2) is 9.59. The van der Waals surface area contributed by atoms with Crippen LogP contribution in [0.2, 0.25) is 0 Å². The van der Waals surface area contributed by atoms with Gasteiger partial charge in [0.15, 0.2) is 0 Å². The average Bonchev–Trinajstić information content (AvgIpc) is 3.24. The van der Waals surface area contributed by atoms with E-state index in [0.29, 0.717) is 6.54 Å². The Bertz CT molecular complexity index is 1010. The number of ether oxygens (including phenoxy) is 1. The highest BCUT2D eigenvalue weighted by atomic mass is 16.5. The molecule has 1 aromatic carbocycles. The highest BCUT2D eigenvalue weighted by Gasteiger charge is 2.25. The van der Waals surface area contributed by atoms with Crippen LogP contribution in [-0.2, 0) is 11.3 Å². The summed E-state index contributed by atoms with van der Waals surface area (Å²) in [7, 11) is 1.66. The van der Waals surface area contributed by atoms with Gasteiger partial charge in [0.25, 0.3) is 0 Å². The molecule has 3 heterocycles. The summed E-state index contributed by atoms with van der Waals surface area (Å²) < 4.78 is 7.26. The van der Waals surface area contributed by atoms with E-state index in [4.69, 9.17) is 4.74 Å². The van der Waals surface area contributed by atoms with Gasteiger partial charge >= 0.3 is 0 Å². The molecular formula is C23H28N6O2. The Balaban J connectivity index is 1.30. The number of hydrogen-bond donors (Lipinski definition) is 1. The zero-order valence-corrected chi connectivity index (χ0v) is 18.0. The maximum atomic E-state index is 12.6. The lowest BCUT2D eigenvalue weighted by Crippen LogP contribution is -2.41. The fourth-order valence-electron chi connectivity index (χ4n) is 3.89. The van der Waals surface area contributed by atoms with Crippen molar-refractivity contribution in [3.05, 3.63) is 54.9 Å². The molecule has 0 atom stereocenters. The summed E-state index contributed by atoms with van der Waals surface area (Å²) in [6, 6.07) is 9.85. The molecule has 162 valence electrons. The molecular weight excluding hydrogens is 392 g/mol. The second-order valence-corrected chi connectivity index (χ2v) is 7.71. The molecule has 0 unspecified atom stereocenters. The maximum absolute atomic E-state index is 12.6. The molecule has 2 aromatic heterocycles. The van der Waals surface area contributed by atoms with Crippen LogP contribution in [0, 0.1) is 12.8 Å². The van der Waals surface area contributed by atoms with Crippen LogP contribution in [-0.4, -0.2) is 52.2 Å². The van der Waals surface area contributed by atoms with Gasteiger partial charge in [-0.1, -0.05) is 0 Å². The average molecular weight is 421 g/mol. The molecule has 0 bridgehead atoms. The predicted octanol–water partition coefficient (Wildman–Crippen LogP) is 2.69. The van der Waals surface area contributed by atoms with Gasteiger partial charge in [-0.05, 0) is 44.0 Å².